The molecule has 1 saturated carbocycles. The van der Waals surface area contributed by atoms with Crippen molar-refractivity contribution in [2.45, 2.75) is 31.9 Å². The molecule has 2 aromatic rings. The van der Waals surface area contributed by atoms with Crippen molar-refractivity contribution in [1.29, 1.82) is 5.26 Å². The van der Waals surface area contributed by atoms with Gasteiger partial charge in [-0.25, -0.2) is 9.97 Å². The van der Waals surface area contributed by atoms with Crippen molar-refractivity contribution in [2.24, 2.45) is 0 Å². The number of nitrogens with zero attached hydrogens (tertiary/aromatic N) is 4. The van der Waals surface area contributed by atoms with Gasteiger partial charge >= 0.3 is 6.18 Å². The summed E-state index contributed by atoms with van der Waals surface area (Å²) in [5, 5.41) is 9.22. The van der Waals surface area contributed by atoms with E-state index in [1.54, 1.807) is 13.0 Å². The third-order valence-corrected chi connectivity index (χ3v) is 3.52. The van der Waals surface area contributed by atoms with Gasteiger partial charge in [0, 0.05) is 23.9 Å². The molecule has 0 radical (unpaired) electrons. The second-order valence-corrected chi connectivity index (χ2v) is 5.26. The van der Waals surface area contributed by atoms with Gasteiger partial charge in [-0.2, -0.15) is 18.4 Å². The van der Waals surface area contributed by atoms with Crippen LogP contribution in [0.5, 0.6) is 0 Å². The molecule has 0 saturated heterocycles. The maximum atomic E-state index is 12.5. The van der Waals surface area contributed by atoms with Gasteiger partial charge in [-0.1, -0.05) is 0 Å². The number of halogens is 3. The fourth-order valence-corrected chi connectivity index (χ4v) is 2.25. The van der Waals surface area contributed by atoms with E-state index in [-0.39, 0.29) is 5.92 Å². The zero-order valence-electron chi connectivity index (χ0n) is 11.6. The molecule has 2 heterocycles. The second-order valence-electron chi connectivity index (χ2n) is 5.26. The monoisotopic (exact) mass is 304 g/mol. The molecule has 22 heavy (non-hydrogen) atoms. The lowest BCUT2D eigenvalue weighted by Crippen LogP contribution is -2.10. The highest BCUT2D eigenvalue weighted by atomic mass is 19.4. The molecular weight excluding hydrogens is 293 g/mol. The minimum absolute atomic E-state index is 0.267. The Bertz CT molecular complexity index is 756. The van der Waals surface area contributed by atoms with Gasteiger partial charge in [-0.3, -0.25) is 4.98 Å². The molecule has 0 aliphatic heterocycles. The van der Waals surface area contributed by atoms with Gasteiger partial charge in [-0.15, -0.1) is 0 Å². The Morgan fingerprint density at radius 2 is 1.86 bits per heavy atom. The maximum absolute atomic E-state index is 12.5. The number of aryl methyl sites for hydroxylation is 1. The van der Waals surface area contributed by atoms with E-state index in [2.05, 4.69) is 21.0 Å². The zero-order chi connectivity index (χ0) is 15.9. The molecule has 1 fully saturated rings. The fourth-order valence-electron chi connectivity index (χ4n) is 2.25. The lowest BCUT2D eigenvalue weighted by molar-refractivity contribution is -0.144. The van der Waals surface area contributed by atoms with Crippen molar-refractivity contribution in [2.75, 3.05) is 0 Å². The molecule has 0 unspecified atom stereocenters. The quantitative estimate of drug-likeness (QED) is 0.850. The third-order valence-electron chi connectivity index (χ3n) is 3.52. The molecular formula is C15H11F3N4. The second kappa shape index (κ2) is 5.05. The Kier molecular flexibility index (Phi) is 3.32. The first-order valence-corrected chi connectivity index (χ1v) is 6.71. The van der Waals surface area contributed by atoms with Crippen LogP contribution >= 0.6 is 0 Å². The lowest BCUT2D eigenvalue weighted by Gasteiger charge is -2.09. The number of nitriles is 1. The normalized spacial score (nSPS) is 14.7. The first-order valence-electron chi connectivity index (χ1n) is 6.71. The molecule has 1 aliphatic carbocycles. The number of aromatic nitrogens is 3. The molecule has 3 rings (SSSR count). The Hall–Kier alpha value is -2.49. The number of alkyl halides is 3. The number of hydrogen-bond donors (Lipinski definition) is 0. The molecule has 0 amide bonds. The van der Waals surface area contributed by atoms with E-state index < -0.39 is 12.0 Å². The summed E-state index contributed by atoms with van der Waals surface area (Å²) in [5.74, 6) is -0.910. The van der Waals surface area contributed by atoms with Crippen LogP contribution in [0.2, 0.25) is 0 Å². The molecule has 112 valence electrons. The number of pyridine rings is 1. The summed E-state index contributed by atoms with van der Waals surface area (Å²) >= 11 is 0. The Morgan fingerprint density at radius 3 is 2.36 bits per heavy atom. The molecule has 0 aromatic carbocycles. The standard InChI is InChI=1S/C15H11F3N4/c1-8-4-12(22-13(9-2-3-9)11(8)5-19)10-6-20-14(21-7-10)15(16,17)18/h4,6-7,9H,2-3H2,1H3. The largest absolute Gasteiger partial charge is 0.451 e. The van der Waals surface area contributed by atoms with Gasteiger partial charge < -0.3 is 0 Å². The molecule has 0 spiro atoms. The predicted octanol–water partition coefficient (Wildman–Crippen LogP) is 3.61. The summed E-state index contributed by atoms with van der Waals surface area (Å²) in [4.78, 5) is 11.1. The van der Waals surface area contributed by atoms with Crippen molar-refractivity contribution in [3.8, 4) is 17.3 Å². The van der Waals surface area contributed by atoms with Gasteiger partial charge in [-0.05, 0) is 31.4 Å². The third kappa shape index (κ3) is 2.64. The van der Waals surface area contributed by atoms with Gasteiger partial charge in [0.25, 0.3) is 0 Å². The molecule has 0 N–H and O–H groups in total. The molecule has 2 aromatic heterocycles. The highest BCUT2D eigenvalue weighted by molar-refractivity contribution is 5.61. The molecule has 4 nitrogen and oxygen atoms in total. The van der Waals surface area contributed by atoms with E-state index in [9.17, 15) is 18.4 Å². The molecule has 1 aliphatic rings. The average Bonchev–Trinajstić information content (AvgIpc) is 3.30. The van der Waals surface area contributed by atoms with Crippen LogP contribution < -0.4 is 0 Å². The van der Waals surface area contributed by atoms with Crippen molar-refractivity contribution in [3.63, 3.8) is 0 Å². The first kappa shape index (κ1) is 14.4. The summed E-state index contributed by atoms with van der Waals surface area (Å²) in [7, 11) is 0. The van der Waals surface area contributed by atoms with Gasteiger partial charge in [0.2, 0.25) is 5.82 Å². The van der Waals surface area contributed by atoms with Gasteiger partial charge in [0.1, 0.15) is 6.07 Å². The van der Waals surface area contributed by atoms with Crippen LogP contribution in [0.25, 0.3) is 11.3 Å². The van der Waals surface area contributed by atoms with Crippen LogP contribution in [0.15, 0.2) is 18.5 Å². The Morgan fingerprint density at radius 1 is 1.23 bits per heavy atom. The smallest absolute Gasteiger partial charge is 0.251 e. The predicted molar refractivity (Wildman–Crippen MR) is 71.7 cm³/mol. The fraction of sp³-hybridized carbons (Fsp3) is 0.333. The zero-order valence-corrected chi connectivity index (χ0v) is 11.6. The van der Waals surface area contributed by atoms with E-state index in [0.29, 0.717) is 16.8 Å². The summed E-state index contributed by atoms with van der Waals surface area (Å²) in [6.45, 7) is 1.79. The lowest BCUT2D eigenvalue weighted by atomic mass is 10.0. The summed E-state index contributed by atoms with van der Waals surface area (Å²) in [5.41, 5.74) is 2.93. The van der Waals surface area contributed by atoms with Crippen LogP contribution in [0.1, 0.15) is 41.4 Å². The molecule has 0 atom stereocenters. The van der Waals surface area contributed by atoms with Crippen LogP contribution in [0.3, 0.4) is 0 Å². The number of rotatable bonds is 2. The molecule has 0 bridgehead atoms. The van der Waals surface area contributed by atoms with Crippen LogP contribution in [-0.2, 0) is 6.18 Å². The van der Waals surface area contributed by atoms with E-state index in [1.807, 2.05) is 0 Å². The van der Waals surface area contributed by atoms with Crippen molar-refractivity contribution in [3.05, 3.63) is 41.1 Å². The maximum Gasteiger partial charge on any atom is 0.451 e. The Balaban J connectivity index is 2.04. The van der Waals surface area contributed by atoms with E-state index in [1.165, 1.54) is 0 Å². The van der Waals surface area contributed by atoms with E-state index in [0.717, 1.165) is 36.5 Å². The van der Waals surface area contributed by atoms with Gasteiger partial charge in [0.15, 0.2) is 0 Å². The van der Waals surface area contributed by atoms with Crippen LogP contribution in [-0.4, -0.2) is 15.0 Å². The summed E-state index contributed by atoms with van der Waals surface area (Å²) in [6, 6.07) is 3.83. The SMILES string of the molecule is Cc1cc(-c2cnc(C(F)(F)F)nc2)nc(C2CC2)c1C#N. The minimum Gasteiger partial charge on any atom is -0.251 e. The topological polar surface area (TPSA) is 62.5 Å². The van der Waals surface area contributed by atoms with Crippen molar-refractivity contribution in [1.82, 2.24) is 15.0 Å². The van der Waals surface area contributed by atoms with Gasteiger partial charge in [0.05, 0.1) is 17.0 Å². The highest BCUT2D eigenvalue weighted by Crippen LogP contribution is 2.42. The first-order chi connectivity index (χ1) is 10.4. The van der Waals surface area contributed by atoms with E-state index >= 15 is 0 Å². The Labute approximate surface area is 124 Å². The number of hydrogen-bond acceptors (Lipinski definition) is 4. The average molecular weight is 304 g/mol. The van der Waals surface area contributed by atoms with Crippen LogP contribution in [0.4, 0.5) is 13.2 Å². The van der Waals surface area contributed by atoms with Crippen molar-refractivity contribution >= 4 is 0 Å². The minimum atomic E-state index is -4.56. The van der Waals surface area contributed by atoms with Crippen LogP contribution in [0, 0.1) is 18.3 Å². The molecule has 7 heteroatoms. The summed E-state index contributed by atoms with van der Waals surface area (Å²) in [6.07, 6.45) is -0.380. The highest BCUT2D eigenvalue weighted by Gasteiger charge is 2.34. The van der Waals surface area contributed by atoms with E-state index in [4.69, 9.17) is 0 Å². The van der Waals surface area contributed by atoms with Crippen molar-refractivity contribution < 1.29 is 13.2 Å². The summed E-state index contributed by atoms with van der Waals surface area (Å²) < 4.78 is 37.5.